The van der Waals surface area contributed by atoms with Gasteiger partial charge in [-0.25, -0.2) is 9.67 Å². The van der Waals surface area contributed by atoms with Crippen LogP contribution < -0.4 is 5.32 Å². The van der Waals surface area contributed by atoms with Crippen molar-refractivity contribution in [3.63, 3.8) is 0 Å². The number of rotatable bonds is 6. The molecule has 1 amide bonds. The van der Waals surface area contributed by atoms with Gasteiger partial charge in [-0.1, -0.05) is 24.3 Å². The number of carbonyl (C=O) groups is 1. The smallest absolute Gasteiger partial charge is 0.251 e. The first-order valence-corrected chi connectivity index (χ1v) is 8.70. The van der Waals surface area contributed by atoms with Crippen LogP contribution in [0.2, 0.25) is 0 Å². The summed E-state index contributed by atoms with van der Waals surface area (Å²) < 4.78 is 3.77. The van der Waals surface area contributed by atoms with Gasteiger partial charge >= 0.3 is 0 Å². The Hall–Kier alpha value is -3.67. The average Bonchev–Trinajstić information content (AvgIpc) is 3.42. The van der Waals surface area contributed by atoms with E-state index in [-0.39, 0.29) is 5.91 Å². The Morgan fingerprint density at radius 3 is 2.30 bits per heavy atom. The zero-order valence-electron chi connectivity index (χ0n) is 14.7. The van der Waals surface area contributed by atoms with Crippen LogP contribution in [-0.2, 0) is 13.1 Å². The molecular weight excluding hydrogens is 338 g/mol. The molecule has 4 rings (SSSR count). The molecule has 2 aromatic carbocycles. The average molecular weight is 357 g/mol. The maximum atomic E-state index is 12.4. The molecule has 0 aliphatic rings. The number of amides is 1. The van der Waals surface area contributed by atoms with Gasteiger partial charge in [-0.3, -0.25) is 4.79 Å². The molecule has 6 nitrogen and oxygen atoms in total. The van der Waals surface area contributed by atoms with E-state index in [1.54, 1.807) is 11.0 Å². The molecule has 0 bridgehead atoms. The summed E-state index contributed by atoms with van der Waals surface area (Å²) in [7, 11) is 0. The molecule has 0 unspecified atom stereocenters. The maximum Gasteiger partial charge on any atom is 0.251 e. The van der Waals surface area contributed by atoms with E-state index in [4.69, 9.17) is 0 Å². The molecule has 2 aromatic heterocycles. The number of aromatic nitrogens is 4. The highest BCUT2D eigenvalue weighted by Gasteiger charge is 2.06. The molecule has 0 atom stereocenters. The van der Waals surface area contributed by atoms with E-state index in [0.29, 0.717) is 18.7 Å². The molecule has 0 saturated heterocycles. The second-order valence-corrected chi connectivity index (χ2v) is 6.23. The van der Waals surface area contributed by atoms with Gasteiger partial charge in [0.25, 0.3) is 5.91 Å². The Kier molecular flexibility index (Phi) is 4.78. The summed E-state index contributed by atoms with van der Waals surface area (Å²) >= 11 is 0. The van der Waals surface area contributed by atoms with Gasteiger partial charge in [-0.15, -0.1) is 0 Å². The number of hydrogen-bond acceptors (Lipinski definition) is 3. The third kappa shape index (κ3) is 4.12. The molecule has 0 radical (unpaired) electrons. The molecule has 1 N–H and O–H groups in total. The largest absolute Gasteiger partial charge is 0.348 e. The Labute approximate surface area is 157 Å². The zero-order valence-corrected chi connectivity index (χ0v) is 14.7. The molecule has 0 aliphatic heterocycles. The highest BCUT2D eigenvalue weighted by molar-refractivity contribution is 5.94. The topological polar surface area (TPSA) is 64.7 Å². The molecule has 0 spiro atoms. The lowest BCUT2D eigenvalue weighted by Gasteiger charge is -2.08. The lowest BCUT2D eigenvalue weighted by atomic mass is 10.1. The van der Waals surface area contributed by atoms with Crippen LogP contribution in [0.4, 0.5) is 0 Å². The van der Waals surface area contributed by atoms with Gasteiger partial charge in [0.05, 0.1) is 6.54 Å². The van der Waals surface area contributed by atoms with Crippen molar-refractivity contribution in [3.05, 3.63) is 102 Å². The van der Waals surface area contributed by atoms with Gasteiger partial charge in [-0.05, 0) is 47.5 Å². The zero-order chi connectivity index (χ0) is 18.5. The van der Waals surface area contributed by atoms with Crippen LogP contribution in [0.25, 0.3) is 5.69 Å². The Balaban J connectivity index is 1.33. The lowest BCUT2D eigenvalue weighted by molar-refractivity contribution is 0.0951. The number of carbonyl (C=O) groups excluding carboxylic acids is 1. The fourth-order valence-corrected chi connectivity index (χ4v) is 2.84. The van der Waals surface area contributed by atoms with Crippen molar-refractivity contribution in [2.75, 3.05) is 0 Å². The van der Waals surface area contributed by atoms with Gasteiger partial charge < -0.3 is 9.88 Å². The third-order valence-corrected chi connectivity index (χ3v) is 4.32. The molecule has 27 heavy (non-hydrogen) atoms. The third-order valence-electron chi connectivity index (χ3n) is 4.32. The molecule has 0 fully saturated rings. The highest BCUT2D eigenvalue weighted by atomic mass is 16.1. The van der Waals surface area contributed by atoms with E-state index >= 15 is 0 Å². The minimum absolute atomic E-state index is 0.0826. The van der Waals surface area contributed by atoms with Crippen LogP contribution >= 0.6 is 0 Å². The molecular formula is C21H19N5O. The first-order chi connectivity index (χ1) is 13.3. The van der Waals surface area contributed by atoms with Crippen LogP contribution in [-0.4, -0.2) is 25.2 Å². The summed E-state index contributed by atoms with van der Waals surface area (Å²) in [5, 5.41) is 7.06. The second-order valence-electron chi connectivity index (χ2n) is 6.23. The van der Waals surface area contributed by atoms with Gasteiger partial charge in [0, 0.05) is 30.2 Å². The minimum atomic E-state index is -0.0826. The molecule has 0 saturated carbocycles. The summed E-state index contributed by atoms with van der Waals surface area (Å²) in [6, 6.07) is 19.6. The summed E-state index contributed by atoms with van der Waals surface area (Å²) in [6.45, 7) is 1.17. The van der Waals surface area contributed by atoms with Crippen molar-refractivity contribution in [2.24, 2.45) is 0 Å². The first kappa shape index (κ1) is 16.8. The molecule has 134 valence electrons. The first-order valence-electron chi connectivity index (χ1n) is 8.70. The number of nitrogens with one attached hydrogen (secondary N) is 1. The standard InChI is InChI=1S/C21H19N5O/c27-21(19-7-9-20(10-8-19)25-11-1-2-12-25)23-13-17-3-5-18(6-4-17)14-26-16-22-15-24-26/h1-12,15-16H,13-14H2,(H,23,27). The van der Waals surface area contributed by atoms with E-state index in [9.17, 15) is 4.79 Å². The molecule has 0 aliphatic carbocycles. The van der Waals surface area contributed by atoms with Crippen molar-refractivity contribution in [3.8, 4) is 5.69 Å². The summed E-state index contributed by atoms with van der Waals surface area (Å²) in [5.74, 6) is -0.0826. The maximum absolute atomic E-state index is 12.4. The highest BCUT2D eigenvalue weighted by Crippen LogP contribution is 2.11. The van der Waals surface area contributed by atoms with Crippen molar-refractivity contribution in [2.45, 2.75) is 13.1 Å². The number of hydrogen-bond donors (Lipinski definition) is 1. The van der Waals surface area contributed by atoms with Gasteiger partial charge in [0.1, 0.15) is 12.7 Å². The SMILES string of the molecule is O=C(NCc1ccc(Cn2cncn2)cc1)c1ccc(-n2cccc2)cc1. The van der Waals surface area contributed by atoms with Crippen molar-refractivity contribution in [1.82, 2.24) is 24.6 Å². The van der Waals surface area contributed by atoms with E-state index in [0.717, 1.165) is 16.8 Å². The predicted octanol–water partition coefficient (Wildman–Crippen LogP) is 3.05. The van der Waals surface area contributed by atoms with Crippen molar-refractivity contribution in [1.29, 1.82) is 0 Å². The lowest BCUT2D eigenvalue weighted by Crippen LogP contribution is -2.22. The molecule has 4 aromatic rings. The van der Waals surface area contributed by atoms with Gasteiger partial charge in [0.15, 0.2) is 0 Å². The summed E-state index contributed by atoms with van der Waals surface area (Å²) in [6.07, 6.45) is 7.16. The van der Waals surface area contributed by atoms with Gasteiger partial charge in [-0.2, -0.15) is 5.10 Å². The van der Waals surface area contributed by atoms with Gasteiger partial charge in [0.2, 0.25) is 0 Å². The Bertz CT molecular complexity index is 988. The Morgan fingerprint density at radius 1 is 0.926 bits per heavy atom. The van der Waals surface area contributed by atoms with Crippen LogP contribution in [0.3, 0.4) is 0 Å². The quantitative estimate of drug-likeness (QED) is 0.577. The monoisotopic (exact) mass is 357 g/mol. The fraction of sp³-hybridized carbons (Fsp3) is 0.0952. The van der Waals surface area contributed by atoms with E-state index < -0.39 is 0 Å². The Morgan fingerprint density at radius 2 is 1.63 bits per heavy atom. The van der Waals surface area contributed by atoms with Crippen LogP contribution in [0.1, 0.15) is 21.5 Å². The number of nitrogens with zero attached hydrogens (tertiary/aromatic N) is 4. The van der Waals surface area contributed by atoms with Crippen molar-refractivity contribution >= 4 is 5.91 Å². The summed E-state index contributed by atoms with van der Waals surface area (Å²) in [4.78, 5) is 16.3. The van der Waals surface area contributed by atoms with Crippen LogP contribution in [0, 0.1) is 0 Å². The normalized spacial score (nSPS) is 10.7. The van der Waals surface area contributed by atoms with Crippen LogP contribution in [0.15, 0.2) is 85.7 Å². The van der Waals surface area contributed by atoms with E-state index in [1.165, 1.54) is 6.33 Å². The van der Waals surface area contributed by atoms with E-state index in [2.05, 4.69) is 15.4 Å². The van der Waals surface area contributed by atoms with Crippen LogP contribution in [0.5, 0.6) is 0 Å². The number of benzene rings is 2. The second kappa shape index (κ2) is 7.70. The fourth-order valence-electron chi connectivity index (χ4n) is 2.84. The van der Waals surface area contributed by atoms with E-state index in [1.807, 2.05) is 77.6 Å². The summed E-state index contributed by atoms with van der Waals surface area (Å²) in [5.41, 5.74) is 3.86. The molecule has 6 heteroatoms. The van der Waals surface area contributed by atoms with Crippen molar-refractivity contribution < 1.29 is 4.79 Å². The predicted molar refractivity (Wildman–Crippen MR) is 103 cm³/mol. The molecule has 2 heterocycles. The minimum Gasteiger partial charge on any atom is -0.348 e.